The van der Waals surface area contributed by atoms with Crippen molar-refractivity contribution < 1.29 is 14.3 Å². The second kappa shape index (κ2) is 8.14. The second-order valence-electron chi connectivity index (χ2n) is 4.50. The zero-order chi connectivity index (χ0) is 15.8. The van der Waals surface area contributed by atoms with Gasteiger partial charge in [-0.15, -0.1) is 0 Å². The number of hydrogen-bond donors (Lipinski definition) is 1. The first-order chi connectivity index (χ1) is 10.7. The molecule has 1 amide bonds. The summed E-state index contributed by atoms with van der Waals surface area (Å²) >= 11 is 5.77. The topological polar surface area (TPSA) is 68.3 Å². The van der Waals surface area contributed by atoms with Crippen LogP contribution in [0.1, 0.15) is 15.9 Å². The van der Waals surface area contributed by atoms with Gasteiger partial charge in [0.2, 0.25) is 0 Å². The van der Waals surface area contributed by atoms with Crippen LogP contribution in [0.4, 0.5) is 0 Å². The van der Waals surface area contributed by atoms with E-state index in [0.29, 0.717) is 6.54 Å². The number of aromatic nitrogens is 1. The van der Waals surface area contributed by atoms with E-state index in [0.717, 1.165) is 12.0 Å². The lowest BCUT2D eigenvalue weighted by molar-refractivity contribution is -0.124. The second-order valence-corrected chi connectivity index (χ2v) is 4.86. The zero-order valence-electron chi connectivity index (χ0n) is 11.8. The fourth-order valence-electron chi connectivity index (χ4n) is 1.79. The summed E-state index contributed by atoms with van der Waals surface area (Å²) < 4.78 is 4.90. The van der Waals surface area contributed by atoms with Gasteiger partial charge in [-0.2, -0.15) is 0 Å². The van der Waals surface area contributed by atoms with E-state index in [1.165, 1.54) is 12.3 Å². The predicted molar refractivity (Wildman–Crippen MR) is 82.7 cm³/mol. The number of nitrogens with one attached hydrogen (secondary N) is 1. The number of benzene rings is 1. The van der Waals surface area contributed by atoms with E-state index in [-0.39, 0.29) is 23.2 Å². The van der Waals surface area contributed by atoms with Crippen molar-refractivity contribution >= 4 is 23.5 Å². The molecular formula is C16H15ClN2O3. The molecule has 1 N–H and O–H groups in total. The standard InChI is InChI=1S/C16H15ClN2O3/c17-15-13(7-4-9-19-15)16(21)22-11-14(20)18-10-8-12-5-2-1-3-6-12/h1-7,9H,8,10-11H2,(H,18,20). The average molecular weight is 319 g/mol. The number of carbonyl (C=O) groups excluding carboxylic acids is 2. The van der Waals surface area contributed by atoms with Crippen molar-refractivity contribution in [3.63, 3.8) is 0 Å². The Morgan fingerprint density at radius 2 is 1.91 bits per heavy atom. The number of pyridine rings is 1. The van der Waals surface area contributed by atoms with Crippen molar-refractivity contribution in [3.05, 3.63) is 64.9 Å². The normalized spacial score (nSPS) is 10.0. The minimum Gasteiger partial charge on any atom is -0.452 e. The van der Waals surface area contributed by atoms with E-state index in [9.17, 15) is 9.59 Å². The number of halogens is 1. The summed E-state index contributed by atoms with van der Waals surface area (Å²) in [7, 11) is 0. The van der Waals surface area contributed by atoms with Gasteiger partial charge in [0.15, 0.2) is 6.61 Å². The van der Waals surface area contributed by atoms with Crippen LogP contribution in [0.2, 0.25) is 5.15 Å². The molecular weight excluding hydrogens is 304 g/mol. The Bertz CT molecular complexity index is 647. The Labute approximate surface area is 133 Å². The van der Waals surface area contributed by atoms with Crippen molar-refractivity contribution in [2.45, 2.75) is 6.42 Å². The lowest BCUT2D eigenvalue weighted by atomic mass is 10.1. The first-order valence-electron chi connectivity index (χ1n) is 6.75. The molecule has 0 atom stereocenters. The third-order valence-corrected chi connectivity index (χ3v) is 3.19. The summed E-state index contributed by atoms with van der Waals surface area (Å²) in [6.45, 7) is 0.132. The highest BCUT2D eigenvalue weighted by molar-refractivity contribution is 6.32. The molecule has 0 aliphatic heterocycles. The molecule has 5 nitrogen and oxygen atoms in total. The molecule has 0 saturated heterocycles. The van der Waals surface area contributed by atoms with E-state index >= 15 is 0 Å². The largest absolute Gasteiger partial charge is 0.452 e. The van der Waals surface area contributed by atoms with Crippen molar-refractivity contribution in [1.29, 1.82) is 0 Å². The van der Waals surface area contributed by atoms with Gasteiger partial charge in [-0.25, -0.2) is 9.78 Å². The Hall–Kier alpha value is -2.40. The number of hydrogen-bond acceptors (Lipinski definition) is 4. The molecule has 0 radical (unpaired) electrons. The molecule has 6 heteroatoms. The van der Waals surface area contributed by atoms with Gasteiger partial charge < -0.3 is 10.1 Å². The number of rotatable bonds is 6. The number of carbonyl (C=O) groups is 2. The van der Waals surface area contributed by atoms with Crippen LogP contribution in [-0.2, 0) is 16.0 Å². The van der Waals surface area contributed by atoms with Crippen LogP contribution in [-0.4, -0.2) is 30.0 Å². The van der Waals surface area contributed by atoms with Gasteiger partial charge in [-0.1, -0.05) is 41.9 Å². The van der Waals surface area contributed by atoms with Gasteiger partial charge in [0, 0.05) is 12.7 Å². The maximum Gasteiger partial charge on any atom is 0.341 e. The highest BCUT2D eigenvalue weighted by Crippen LogP contribution is 2.12. The van der Waals surface area contributed by atoms with Crippen LogP contribution in [0.25, 0.3) is 0 Å². The number of ether oxygens (including phenoxy) is 1. The third-order valence-electron chi connectivity index (χ3n) is 2.89. The van der Waals surface area contributed by atoms with Crippen molar-refractivity contribution in [2.24, 2.45) is 0 Å². The fourth-order valence-corrected chi connectivity index (χ4v) is 1.99. The molecule has 22 heavy (non-hydrogen) atoms. The smallest absolute Gasteiger partial charge is 0.341 e. The summed E-state index contributed by atoms with van der Waals surface area (Å²) in [4.78, 5) is 27.1. The molecule has 0 fully saturated rings. The Balaban J connectivity index is 1.72. The van der Waals surface area contributed by atoms with E-state index in [4.69, 9.17) is 16.3 Å². The van der Waals surface area contributed by atoms with E-state index in [1.807, 2.05) is 30.3 Å². The maximum atomic E-state index is 11.7. The number of esters is 1. The molecule has 1 aromatic carbocycles. The van der Waals surface area contributed by atoms with Crippen molar-refractivity contribution in [2.75, 3.05) is 13.2 Å². The van der Waals surface area contributed by atoms with Crippen molar-refractivity contribution in [3.8, 4) is 0 Å². The predicted octanol–water partition coefficient (Wildman–Crippen LogP) is 2.25. The first-order valence-corrected chi connectivity index (χ1v) is 7.13. The van der Waals surface area contributed by atoms with Gasteiger partial charge in [0.05, 0.1) is 5.56 Å². The van der Waals surface area contributed by atoms with Crippen LogP contribution in [0.3, 0.4) is 0 Å². The first kappa shape index (κ1) is 16.0. The van der Waals surface area contributed by atoms with Crippen LogP contribution in [0.5, 0.6) is 0 Å². The summed E-state index contributed by atoms with van der Waals surface area (Å²) in [6.07, 6.45) is 2.18. The quantitative estimate of drug-likeness (QED) is 0.655. The molecule has 0 saturated carbocycles. The lowest BCUT2D eigenvalue weighted by Crippen LogP contribution is -2.30. The molecule has 114 valence electrons. The van der Waals surface area contributed by atoms with E-state index in [2.05, 4.69) is 10.3 Å². The highest BCUT2D eigenvalue weighted by Gasteiger charge is 2.13. The summed E-state index contributed by atoms with van der Waals surface area (Å²) in [5.41, 5.74) is 1.27. The van der Waals surface area contributed by atoms with Gasteiger partial charge in [0.25, 0.3) is 5.91 Å². The molecule has 0 unspecified atom stereocenters. The number of amides is 1. The van der Waals surface area contributed by atoms with Gasteiger partial charge >= 0.3 is 5.97 Å². The molecule has 1 aromatic heterocycles. The molecule has 0 aliphatic rings. The third kappa shape index (κ3) is 4.86. The summed E-state index contributed by atoms with van der Waals surface area (Å²) in [6, 6.07) is 12.8. The fraction of sp³-hybridized carbons (Fsp3) is 0.188. The maximum absolute atomic E-state index is 11.7. The lowest BCUT2D eigenvalue weighted by Gasteiger charge is -2.07. The van der Waals surface area contributed by atoms with Crippen LogP contribution in [0.15, 0.2) is 48.7 Å². The van der Waals surface area contributed by atoms with Gasteiger partial charge in [-0.3, -0.25) is 4.79 Å². The monoisotopic (exact) mass is 318 g/mol. The minimum absolute atomic E-state index is 0.0528. The molecule has 2 aromatic rings. The van der Waals surface area contributed by atoms with Crippen LogP contribution in [0, 0.1) is 0 Å². The molecule has 0 spiro atoms. The SMILES string of the molecule is O=C(COC(=O)c1cccnc1Cl)NCCc1ccccc1. The Morgan fingerprint density at radius 3 is 2.64 bits per heavy atom. The minimum atomic E-state index is -0.670. The molecule has 0 bridgehead atoms. The van der Waals surface area contributed by atoms with Gasteiger partial charge in [0.1, 0.15) is 5.15 Å². The summed E-state index contributed by atoms with van der Waals surface area (Å²) in [5.74, 6) is -1.03. The summed E-state index contributed by atoms with van der Waals surface area (Å²) in [5, 5.41) is 2.74. The van der Waals surface area contributed by atoms with Crippen LogP contribution >= 0.6 is 11.6 Å². The average Bonchev–Trinajstić information content (AvgIpc) is 2.54. The Morgan fingerprint density at radius 1 is 1.14 bits per heavy atom. The van der Waals surface area contributed by atoms with E-state index in [1.54, 1.807) is 6.07 Å². The molecule has 1 heterocycles. The van der Waals surface area contributed by atoms with Crippen molar-refractivity contribution in [1.82, 2.24) is 10.3 Å². The highest BCUT2D eigenvalue weighted by atomic mass is 35.5. The van der Waals surface area contributed by atoms with Gasteiger partial charge in [-0.05, 0) is 24.1 Å². The molecule has 0 aliphatic carbocycles. The number of nitrogens with zero attached hydrogens (tertiary/aromatic N) is 1. The van der Waals surface area contributed by atoms with Crippen LogP contribution < -0.4 is 5.32 Å². The molecule has 2 rings (SSSR count). The Kier molecular flexibility index (Phi) is 5.91. The van der Waals surface area contributed by atoms with E-state index < -0.39 is 5.97 Å². The zero-order valence-corrected chi connectivity index (χ0v) is 12.5.